The number of nitrogen functional groups attached to an aromatic ring is 1. The first kappa shape index (κ1) is 24.8. The van der Waals surface area contributed by atoms with Crippen molar-refractivity contribution in [3.8, 4) is 5.69 Å². The van der Waals surface area contributed by atoms with E-state index in [1.54, 1.807) is 38.1 Å². The number of ketones is 1. The van der Waals surface area contributed by atoms with E-state index >= 15 is 0 Å². The third-order valence-electron chi connectivity index (χ3n) is 5.85. The Kier molecular flexibility index (Phi) is 7.26. The van der Waals surface area contributed by atoms with Crippen molar-refractivity contribution >= 4 is 17.6 Å². The first-order valence-electron chi connectivity index (χ1n) is 10.7. The van der Waals surface area contributed by atoms with Gasteiger partial charge in [-0.05, 0) is 55.7 Å². The fraction of sp³-hybridized carbons (Fsp3) is 0.240. The number of carbonyl (C=O) groups excluding carboxylic acids is 1. The summed E-state index contributed by atoms with van der Waals surface area (Å²) < 4.78 is 28.4. The minimum atomic E-state index is -1.03. The van der Waals surface area contributed by atoms with Gasteiger partial charge in [-0.25, -0.2) is 8.78 Å². The third-order valence-corrected chi connectivity index (χ3v) is 5.85. The van der Waals surface area contributed by atoms with Crippen LogP contribution in [0.15, 0.2) is 59.4 Å². The summed E-state index contributed by atoms with van der Waals surface area (Å²) in [6.45, 7) is 3.85. The van der Waals surface area contributed by atoms with E-state index in [2.05, 4.69) is 5.32 Å². The van der Waals surface area contributed by atoms with Crippen molar-refractivity contribution in [1.82, 2.24) is 9.88 Å². The molecule has 1 heterocycles. The van der Waals surface area contributed by atoms with Gasteiger partial charge in [-0.15, -0.1) is 0 Å². The number of benzene rings is 2. The molecular weight excluding hydrogens is 444 g/mol. The number of pyridine rings is 1. The molecule has 0 radical (unpaired) electrons. The summed E-state index contributed by atoms with van der Waals surface area (Å²) in [5.74, 6) is -3.71. The van der Waals surface area contributed by atoms with Gasteiger partial charge in [0.2, 0.25) is 0 Å². The average molecular weight is 469 g/mol. The van der Waals surface area contributed by atoms with E-state index in [0.717, 1.165) is 28.3 Å². The third kappa shape index (κ3) is 5.04. The lowest BCUT2D eigenvalue weighted by atomic mass is 9.99. The van der Waals surface area contributed by atoms with E-state index < -0.39 is 34.5 Å². The summed E-state index contributed by atoms with van der Waals surface area (Å²) in [5.41, 5.74) is 5.47. The first-order valence-corrected chi connectivity index (χ1v) is 10.7. The molecule has 0 saturated heterocycles. The number of anilines is 1. The standard InChI is InChI=1S/C25H25F2N3O4/c1-3-25(2,24(33)34)29-13-12-15-4-7-17(8-5-15)30-21(31)11-10-19(23(30)28)22(32)18-9-6-16(26)14-20(18)27/h4-11,14,29H,3,12-13,28H2,1-2H3,(H,33,34)/t25-/m1/s1. The summed E-state index contributed by atoms with van der Waals surface area (Å²) >= 11 is 0. The Morgan fingerprint density at radius 3 is 2.29 bits per heavy atom. The van der Waals surface area contributed by atoms with Gasteiger partial charge in [-0.2, -0.15) is 0 Å². The molecule has 0 aliphatic rings. The Bertz CT molecular complexity index is 1290. The van der Waals surface area contributed by atoms with Crippen molar-refractivity contribution in [1.29, 1.82) is 0 Å². The summed E-state index contributed by atoms with van der Waals surface area (Å²) in [5, 5.41) is 12.4. The summed E-state index contributed by atoms with van der Waals surface area (Å²) in [6, 6.07) is 11.8. The molecule has 0 aliphatic heterocycles. The lowest BCUT2D eigenvalue weighted by Gasteiger charge is -2.24. The lowest BCUT2D eigenvalue weighted by molar-refractivity contribution is -0.144. The molecule has 0 spiro atoms. The molecule has 0 saturated carbocycles. The Morgan fingerprint density at radius 2 is 1.71 bits per heavy atom. The molecule has 0 unspecified atom stereocenters. The number of carboxylic acids is 1. The molecule has 9 heteroatoms. The minimum Gasteiger partial charge on any atom is -0.480 e. The molecular formula is C25H25F2N3O4. The van der Waals surface area contributed by atoms with Crippen LogP contribution < -0.4 is 16.6 Å². The van der Waals surface area contributed by atoms with Crippen molar-refractivity contribution in [2.24, 2.45) is 0 Å². The number of halogens is 2. The summed E-state index contributed by atoms with van der Waals surface area (Å²) in [4.78, 5) is 36.7. The van der Waals surface area contributed by atoms with Crippen LogP contribution in [0, 0.1) is 11.6 Å². The highest BCUT2D eigenvalue weighted by Crippen LogP contribution is 2.21. The molecule has 0 fully saturated rings. The zero-order valence-electron chi connectivity index (χ0n) is 18.8. The highest BCUT2D eigenvalue weighted by molar-refractivity contribution is 6.11. The van der Waals surface area contributed by atoms with Crippen LogP contribution in [0.1, 0.15) is 41.8 Å². The molecule has 2 aromatic carbocycles. The Hall–Kier alpha value is -3.85. The summed E-state index contributed by atoms with van der Waals surface area (Å²) in [6.07, 6.45) is 0.982. The lowest BCUT2D eigenvalue weighted by Crippen LogP contribution is -2.49. The van der Waals surface area contributed by atoms with Gasteiger partial charge in [0, 0.05) is 18.7 Å². The number of nitrogens with two attached hydrogens (primary N) is 1. The quantitative estimate of drug-likeness (QED) is 0.414. The molecule has 7 nitrogen and oxygen atoms in total. The van der Waals surface area contributed by atoms with E-state index in [1.807, 2.05) is 0 Å². The van der Waals surface area contributed by atoms with Gasteiger partial charge >= 0.3 is 5.97 Å². The smallest absolute Gasteiger partial charge is 0.323 e. The van der Waals surface area contributed by atoms with Crippen molar-refractivity contribution in [3.05, 3.63) is 93.3 Å². The Balaban J connectivity index is 1.84. The normalized spacial score (nSPS) is 12.8. The largest absolute Gasteiger partial charge is 0.480 e. The first-order chi connectivity index (χ1) is 16.1. The molecule has 3 rings (SSSR count). The van der Waals surface area contributed by atoms with Gasteiger partial charge < -0.3 is 16.2 Å². The molecule has 34 heavy (non-hydrogen) atoms. The van der Waals surface area contributed by atoms with E-state index in [0.29, 0.717) is 31.1 Å². The number of hydrogen-bond donors (Lipinski definition) is 3. The summed E-state index contributed by atoms with van der Waals surface area (Å²) in [7, 11) is 0. The van der Waals surface area contributed by atoms with Crippen molar-refractivity contribution in [3.63, 3.8) is 0 Å². The fourth-order valence-corrected chi connectivity index (χ4v) is 3.48. The second kappa shape index (κ2) is 9.96. The second-order valence-electron chi connectivity index (χ2n) is 8.09. The molecule has 3 aromatic rings. The number of rotatable bonds is 9. The topological polar surface area (TPSA) is 114 Å². The molecule has 1 aromatic heterocycles. The van der Waals surface area contributed by atoms with Crippen LogP contribution >= 0.6 is 0 Å². The zero-order valence-corrected chi connectivity index (χ0v) is 18.8. The van der Waals surface area contributed by atoms with Gasteiger partial charge in [0.1, 0.15) is 23.0 Å². The van der Waals surface area contributed by atoms with Crippen molar-refractivity contribution < 1.29 is 23.5 Å². The van der Waals surface area contributed by atoms with Gasteiger partial charge in [-0.1, -0.05) is 19.1 Å². The number of carbonyl (C=O) groups is 2. The van der Waals surface area contributed by atoms with E-state index in [9.17, 15) is 28.3 Å². The average Bonchev–Trinajstić information content (AvgIpc) is 2.79. The molecule has 4 N–H and O–H groups in total. The predicted octanol–water partition coefficient (Wildman–Crippen LogP) is 3.31. The van der Waals surface area contributed by atoms with Gasteiger partial charge in [0.15, 0.2) is 5.78 Å². The second-order valence-corrected chi connectivity index (χ2v) is 8.09. The highest BCUT2D eigenvalue weighted by Gasteiger charge is 2.29. The predicted molar refractivity (Wildman–Crippen MR) is 124 cm³/mol. The van der Waals surface area contributed by atoms with Crippen LogP contribution in [0.4, 0.5) is 14.6 Å². The van der Waals surface area contributed by atoms with Crippen molar-refractivity contribution in [2.45, 2.75) is 32.2 Å². The Labute approximate surface area is 194 Å². The molecule has 0 aliphatic carbocycles. The number of aliphatic carboxylic acids is 1. The van der Waals surface area contributed by atoms with E-state index in [4.69, 9.17) is 5.73 Å². The van der Waals surface area contributed by atoms with Crippen LogP contribution in [-0.4, -0.2) is 33.5 Å². The van der Waals surface area contributed by atoms with Crippen LogP contribution in [0.3, 0.4) is 0 Å². The van der Waals surface area contributed by atoms with E-state index in [-0.39, 0.29) is 16.9 Å². The van der Waals surface area contributed by atoms with Gasteiger partial charge in [0.25, 0.3) is 5.56 Å². The number of carboxylic acid groups (broad SMARTS) is 1. The van der Waals surface area contributed by atoms with Crippen LogP contribution in [-0.2, 0) is 11.2 Å². The van der Waals surface area contributed by atoms with Gasteiger partial charge in [0.05, 0.1) is 16.8 Å². The van der Waals surface area contributed by atoms with Crippen LogP contribution in [0.5, 0.6) is 0 Å². The highest BCUT2D eigenvalue weighted by atomic mass is 19.1. The molecule has 178 valence electrons. The fourth-order valence-electron chi connectivity index (χ4n) is 3.48. The van der Waals surface area contributed by atoms with Crippen LogP contribution in [0.25, 0.3) is 5.69 Å². The number of aromatic nitrogens is 1. The molecule has 0 amide bonds. The maximum Gasteiger partial charge on any atom is 0.323 e. The SMILES string of the molecule is CC[C@@](C)(NCCc1ccc(-n2c(N)c(C(=O)c3ccc(F)cc3F)ccc2=O)cc1)C(=O)O. The van der Waals surface area contributed by atoms with E-state index in [1.165, 1.54) is 6.07 Å². The zero-order chi connectivity index (χ0) is 25.0. The maximum atomic E-state index is 14.1. The number of nitrogens with zero attached hydrogens (tertiary/aromatic N) is 1. The minimum absolute atomic E-state index is 0.0918. The molecule has 1 atom stereocenters. The van der Waals surface area contributed by atoms with Gasteiger partial charge in [-0.3, -0.25) is 19.0 Å². The number of nitrogens with one attached hydrogen (secondary N) is 1. The van der Waals surface area contributed by atoms with Crippen LogP contribution in [0.2, 0.25) is 0 Å². The maximum absolute atomic E-state index is 14.1. The molecule has 0 bridgehead atoms. The Morgan fingerprint density at radius 1 is 1.06 bits per heavy atom. The van der Waals surface area contributed by atoms with Crippen molar-refractivity contribution in [2.75, 3.05) is 12.3 Å². The number of hydrogen-bond acceptors (Lipinski definition) is 5. The monoisotopic (exact) mass is 469 g/mol.